The van der Waals surface area contributed by atoms with Crippen molar-refractivity contribution in [2.45, 2.75) is 13.3 Å². The van der Waals surface area contributed by atoms with Crippen LogP contribution in [0.4, 0.5) is 10.2 Å². The van der Waals surface area contributed by atoms with Crippen molar-refractivity contribution in [3.05, 3.63) is 22.6 Å². The van der Waals surface area contributed by atoms with Gasteiger partial charge < -0.3 is 4.90 Å². The number of aromatic nitrogens is 1. The second kappa shape index (κ2) is 3.85. The summed E-state index contributed by atoms with van der Waals surface area (Å²) in [5.74, 6) is 0.880. The van der Waals surface area contributed by atoms with Crippen molar-refractivity contribution < 1.29 is 4.39 Å². The molecule has 14 heavy (non-hydrogen) atoms. The van der Waals surface area contributed by atoms with Crippen LogP contribution >= 0.6 is 15.9 Å². The van der Waals surface area contributed by atoms with Crippen LogP contribution in [-0.4, -0.2) is 18.1 Å². The lowest BCUT2D eigenvalue weighted by atomic mass is 10.2. The van der Waals surface area contributed by atoms with E-state index < -0.39 is 0 Å². The predicted molar refractivity (Wildman–Crippen MR) is 57.9 cm³/mol. The molecule has 0 bridgehead atoms. The van der Waals surface area contributed by atoms with E-state index in [1.165, 1.54) is 6.07 Å². The first kappa shape index (κ1) is 9.90. The van der Waals surface area contributed by atoms with Gasteiger partial charge in [-0.25, -0.2) is 9.37 Å². The molecule has 1 aliphatic rings. The fourth-order valence-corrected chi connectivity index (χ4v) is 2.07. The molecule has 0 saturated carbocycles. The molecule has 2 nitrogen and oxygen atoms in total. The minimum absolute atomic E-state index is 0.242. The molecule has 1 atom stereocenters. The summed E-state index contributed by atoms with van der Waals surface area (Å²) in [7, 11) is 0. The molecule has 2 rings (SSSR count). The Morgan fingerprint density at radius 2 is 2.43 bits per heavy atom. The maximum atomic E-state index is 13.5. The molecule has 0 aliphatic carbocycles. The van der Waals surface area contributed by atoms with Crippen LogP contribution in [0.25, 0.3) is 0 Å². The van der Waals surface area contributed by atoms with Crippen LogP contribution in [0.15, 0.2) is 16.7 Å². The second-order valence-corrected chi connectivity index (χ2v) is 4.71. The van der Waals surface area contributed by atoms with E-state index >= 15 is 0 Å². The molecular formula is C10H12BrFN2. The molecule has 0 radical (unpaired) electrons. The van der Waals surface area contributed by atoms with Gasteiger partial charge in [0.1, 0.15) is 0 Å². The van der Waals surface area contributed by atoms with Gasteiger partial charge in [-0.05, 0) is 34.3 Å². The zero-order valence-electron chi connectivity index (χ0n) is 8.00. The van der Waals surface area contributed by atoms with Gasteiger partial charge in [0.05, 0.1) is 0 Å². The molecule has 1 aromatic heterocycles. The monoisotopic (exact) mass is 258 g/mol. The number of nitrogens with zero attached hydrogens (tertiary/aromatic N) is 2. The molecule has 76 valence electrons. The standard InChI is InChI=1S/C10H12BrFN2/c1-7-2-3-14(6-7)10-9(12)4-8(11)5-13-10/h4-5,7H,2-3,6H2,1H3. The van der Waals surface area contributed by atoms with E-state index in [0.717, 1.165) is 19.5 Å². The van der Waals surface area contributed by atoms with Gasteiger partial charge in [0.15, 0.2) is 11.6 Å². The van der Waals surface area contributed by atoms with Crippen molar-refractivity contribution in [3.8, 4) is 0 Å². The van der Waals surface area contributed by atoms with E-state index in [0.29, 0.717) is 16.2 Å². The Hall–Kier alpha value is -0.640. The van der Waals surface area contributed by atoms with Crippen molar-refractivity contribution in [2.75, 3.05) is 18.0 Å². The minimum Gasteiger partial charge on any atom is -0.354 e. The lowest BCUT2D eigenvalue weighted by Gasteiger charge is -2.17. The first-order valence-corrected chi connectivity index (χ1v) is 5.52. The van der Waals surface area contributed by atoms with Crippen molar-refractivity contribution in [2.24, 2.45) is 5.92 Å². The van der Waals surface area contributed by atoms with Gasteiger partial charge in [-0.1, -0.05) is 6.92 Å². The largest absolute Gasteiger partial charge is 0.354 e. The summed E-state index contributed by atoms with van der Waals surface area (Å²) < 4.78 is 14.2. The van der Waals surface area contributed by atoms with Gasteiger partial charge in [0.2, 0.25) is 0 Å². The topological polar surface area (TPSA) is 16.1 Å². The molecule has 0 N–H and O–H groups in total. The number of rotatable bonds is 1. The Morgan fingerprint density at radius 1 is 1.64 bits per heavy atom. The summed E-state index contributed by atoms with van der Waals surface area (Å²) in [5, 5.41) is 0. The third kappa shape index (κ3) is 1.90. The number of hydrogen-bond acceptors (Lipinski definition) is 2. The highest BCUT2D eigenvalue weighted by Crippen LogP contribution is 2.25. The predicted octanol–water partition coefficient (Wildman–Crippen LogP) is 2.83. The molecule has 1 unspecified atom stereocenters. The van der Waals surface area contributed by atoms with E-state index in [4.69, 9.17) is 0 Å². The van der Waals surface area contributed by atoms with Crippen LogP contribution in [-0.2, 0) is 0 Å². The molecule has 1 aliphatic heterocycles. The van der Waals surface area contributed by atoms with Crippen molar-refractivity contribution in [1.29, 1.82) is 0 Å². The summed E-state index contributed by atoms with van der Waals surface area (Å²) in [5.41, 5.74) is 0. The minimum atomic E-state index is -0.242. The first-order valence-electron chi connectivity index (χ1n) is 4.73. The van der Waals surface area contributed by atoms with Crippen molar-refractivity contribution >= 4 is 21.7 Å². The highest BCUT2D eigenvalue weighted by atomic mass is 79.9. The number of anilines is 1. The first-order chi connectivity index (χ1) is 6.66. The average Bonchev–Trinajstić information content (AvgIpc) is 2.51. The normalized spacial score (nSPS) is 21.6. The zero-order valence-corrected chi connectivity index (χ0v) is 9.59. The van der Waals surface area contributed by atoms with Gasteiger partial charge in [0.25, 0.3) is 0 Å². The number of halogens is 2. The van der Waals surface area contributed by atoms with E-state index in [1.54, 1.807) is 6.20 Å². The summed E-state index contributed by atoms with van der Waals surface area (Å²) in [6, 6.07) is 1.46. The van der Waals surface area contributed by atoms with Crippen molar-refractivity contribution in [1.82, 2.24) is 4.98 Å². The Balaban J connectivity index is 2.24. The van der Waals surface area contributed by atoms with Crippen LogP contribution in [0.2, 0.25) is 0 Å². The fraction of sp³-hybridized carbons (Fsp3) is 0.500. The second-order valence-electron chi connectivity index (χ2n) is 3.80. The SMILES string of the molecule is CC1CCN(c2ncc(Br)cc2F)C1. The molecule has 1 aromatic rings. The summed E-state index contributed by atoms with van der Waals surface area (Å²) in [4.78, 5) is 6.10. The lowest BCUT2D eigenvalue weighted by molar-refractivity contribution is 0.611. The fourth-order valence-electron chi connectivity index (χ4n) is 1.77. The highest BCUT2D eigenvalue weighted by Gasteiger charge is 2.22. The molecule has 2 heterocycles. The molecule has 1 saturated heterocycles. The Morgan fingerprint density at radius 3 is 3.00 bits per heavy atom. The molecular weight excluding hydrogens is 247 g/mol. The smallest absolute Gasteiger partial charge is 0.166 e. The Bertz CT molecular complexity index is 343. The number of hydrogen-bond donors (Lipinski definition) is 0. The van der Waals surface area contributed by atoms with E-state index in [1.807, 2.05) is 4.90 Å². The zero-order chi connectivity index (χ0) is 10.1. The van der Waals surface area contributed by atoms with Gasteiger partial charge in [-0.15, -0.1) is 0 Å². The molecule has 0 spiro atoms. The third-order valence-electron chi connectivity index (χ3n) is 2.51. The van der Waals surface area contributed by atoms with Crippen LogP contribution < -0.4 is 4.90 Å². The van der Waals surface area contributed by atoms with Crippen molar-refractivity contribution in [3.63, 3.8) is 0 Å². The maximum absolute atomic E-state index is 13.5. The van der Waals surface area contributed by atoms with Gasteiger partial charge in [0, 0.05) is 23.8 Å². The molecule has 0 amide bonds. The maximum Gasteiger partial charge on any atom is 0.166 e. The lowest BCUT2D eigenvalue weighted by Crippen LogP contribution is -2.21. The Labute approximate surface area is 91.3 Å². The molecule has 1 fully saturated rings. The average molecular weight is 259 g/mol. The number of pyridine rings is 1. The van der Waals surface area contributed by atoms with E-state index in [-0.39, 0.29) is 5.82 Å². The molecule has 0 aromatic carbocycles. The summed E-state index contributed by atoms with van der Waals surface area (Å²) >= 11 is 3.20. The van der Waals surface area contributed by atoms with Crippen LogP contribution in [0.1, 0.15) is 13.3 Å². The van der Waals surface area contributed by atoms with Crippen LogP contribution in [0.3, 0.4) is 0 Å². The summed E-state index contributed by atoms with van der Waals surface area (Å²) in [6.45, 7) is 4.00. The van der Waals surface area contributed by atoms with Gasteiger partial charge >= 0.3 is 0 Å². The van der Waals surface area contributed by atoms with Crippen LogP contribution in [0.5, 0.6) is 0 Å². The van der Waals surface area contributed by atoms with Crippen LogP contribution in [0, 0.1) is 11.7 Å². The Kier molecular flexibility index (Phi) is 2.72. The van der Waals surface area contributed by atoms with Gasteiger partial charge in [-0.3, -0.25) is 0 Å². The van der Waals surface area contributed by atoms with E-state index in [9.17, 15) is 4.39 Å². The highest BCUT2D eigenvalue weighted by molar-refractivity contribution is 9.10. The third-order valence-corrected chi connectivity index (χ3v) is 2.95. The quantitative estimate of drug-likeness (QED) is 0.770. The van der Waals surface area contributed by atoms with E-state index in [2.05, 4.69) is 27.8 Å². The summed E-state index contributed by atoms with van der Waals surface area (Å²) in [6.07, 6.45) is 2.76. The molecule has 4 heteroatoms. The van der Waals surface area contributed by atoms with Gasteiger partial charge in [-0.2, -0.15) is 0 Å².